The number of carbonyl (C=O) groups excluding carboxylic acids is 2. The molecule has 0 spiro atoms. The van der Waals surface area contributed by atoms with Gasteiger partial charge in [-0.2, -0.15) is 0 Å². The standard InChI is InChI=1S/C9H17NO3.C9H17NO2.CH4.F2/c1-13-9(12)8(11)7(10)5-6-3-2-4-6;1-6(11)9(12)8(10)5-7-3-2-4-7;;1-2/h6-8,11H,2-5,10H2,1H3;7-9,12H,2-5,10H2,1H3;1H4;. The van der Waals surface area contributed by atoms with Crippen molar-refractivity contribution >= 4 is 11.8 Å². The first-order valence-corrected chi connectivity index (χ1v) is 9.36. The fraction of sp³-hybridized carbons (Fsp3) is 0.895. The van der Waals surface area contributed by atoms with Crippen LogP contribution in [0.25, 0.3) is 0 Å². The highest BCUT2D eigenvalue weighted by atomic mass is 20.0. The number of carbonyl (C=O) groups is 2. The molecule has 28 heavy (non-hydrogen) atoms. The van der Waals surface area contributed by atoms with Gasteiger partial charge in [0.05, 0.1) is 7.11 Å². The number of halogens is 2. The summed E-state index contributed by atoms with van der Waals surface area (Å²) < 4.78 is 20.4. The molecule has 0 heterocycles. The molecule has 0 aromatic heterocycles. The summed E-state index contributed by atoms with van der Waals surface area (Å²) in [6.45, 7) is 1.38. The molecule has 2 saturated carbocycles. The van der Waals surface area contributed by atoms with Crippen molar-refractivity contribution in [2.75, 3.05) is 7.11 Å². The molecule has 7 nitrogen and oxygen atoms in total. The van der Waals surface area contributed by atoms with Crippen molar-refractivity contribution in [1.82, 2.24) is 0 Å². The van der Waals surface area contributed by atoms with Gasteiger partial charge in [0.15, 0.2) is 11.9 Å². The van der Waals surface area contributed by atoms with Gasteiger partial charge in [-0.25, -0.2) is 4.79 Å². The topological polar surface area (TPSA) is 136 Å². The Balaban J connectivity index is 0. The van der Waals surface area contributed by atoms with E-state index < -0.39 is 24.2 Å². The molecule has 2 fully saturated rings. The molecule has 0 radical (unpaired) electrons. The molecular formula is C19H38F2N2O5. The number of ketones is 1. The maximum atomic E-state index is 10.9. The zero-order chi connectivity index (χ0) is 21.0. The van der Waals surface area contributed by atoms with Crippen molar-refractivity contribution in [1.29, 1.82) is 0 Å². The largest absolute Gasteiger partial charge is 0.467 e. The highest BCUT2D eigenvalue weighted by Crippen LogP contribution is 2.31. The first-order valence-electron chi connectivity index (χ1n) is 9.36. The lowest BCUT2D eigenvalue weighted by molar-refractivity contribution is -0.151. The Morgan fingerprint density at radius 2 is 1.32 bits per heavy atom. The average molecular weight is 413 g/mol. The van der Waals surface area contributed by atoms with Gasteiger partial charge in [0.25, 0.3) is 0 Å². The van der Waals surface area contributed by atoms with E-state index in [0.29, 0.717) is 11.8 Å². The van der Waals surface area contributed by atoms with Crippen LogP contribution in [0.4, 0.5) is 9.15 Å². The number of rotatable bonds is 8. The van der Waals surface area contributed by atoms with E-state index in [1.807, 2.05) is 0 Å². The minimum Gasteiger partial charge on any atom is -0.467 e. The van der Waals surface area contributed by atoms with Gasteiger partial charge in [-0.1, -0.05) is 46.0 Å². The summed E-state index contributed by atoms with van der Waals surface area (Å²) in [5, 5.41) is 18.6. The molecule has 0 aliphatic heterocycles. The Morgan fingerprint density at radius 1 is 0.964 bits per heavy atom. The molecule has 9 heteroatoms. The average Bonchev–Trinajstić information content (AvgIpc) is 2.60. The molecule has 2 aliphatic carbocycles. The van der Waals surface area contributed by atoms with E-state index in [-0.39, 0.29) is 19.3 Å². The van der Waals surface area contributed by atoms with Crippen LogP contribution in [-0.4, -0.2) is 53.4 Å². The van der Waals surface area contributed by atoms with Crippen LogP contribution < -0.4 is 11.5 Å². The summed E-state index contributed by atoms with van der Waals surface area (Å²) in [5.74, 6) is 0.386. The third-order valence-corrected chi connectivity index (χ3v) is 5.33. The van der Waals surface area contributed by atoms with Crippen LogP contribution in [0.5, 0.6) is 0 Å². The van der Waals surface area contributed by atoms with Gasteiger partial charge in [-0.05, 0) is 31.6 Å². The highest BCUT2D eigenvalue weighted by molar-refractivity contribution is 5.80. The minimum absolute atomic E-state index is 0. The molecule has 4 atom stereocenters. The lowest BCUT2D eigenvalue weighted by Crippen LogP contribution is -2.43. The third-order valence-electron chi connectivity index (χ3n) is 5.33. The van der Waals surface area contributed by atoms with E-state index in [2.05, 4.69) is 4.74 Å². The van der Waals surface area contributed by atoms with Crippen LogP contribution in [0, 0.1) is 11.8 Å². The van der Waals surface area contributed by atoms with Crippen LogP contribution >= 0.6 is 0 Å². The number of hydrogen-bond acceptors (Lipinski definition) is 7. The second-order valence-electron chi connectivity index (χ2n) is 7.42. The number of esters is 1. The van der Waals surface area contributed by atoms with E-state index in [9.17, 15) is 19.8 Å². The number of nitrogens with two attached hydrogens (primary N) is 2. The second kappa shape index (κ2) is 15.7. The normalized spacial score (nSPS) is 20.1. The number of hydrogen-bond donors (Lipinski definition) is 4. The van der Waals surface area contributed by atoms with E-state index in [1.165, 1.54) is 52.6 Å². The quantitative estimate of drug-likeness (QED) is 0.447. The van der Waals surface area contributed by atoms with Crippen LogP contribution in [0.1, 0.15) is 65.7 Å². The van der Waals surface area contributed by atoms with Gasteiger partial charge in [0.2, 0.25) is 0 Å². The Kier molecular flexibility index (Phi) is 16.3. The van der Waals surface area contributed by atoms with Crippen molar-refractivity contribution in [2.45, 2.75) is 90.0 Å². The van der Waals surface area contributed by atoms with Crippen LogP contribution in [-0.2, 0) is 14.3 Å². The molecule has 0 amide bonds. The molecule has 0 saturated heterocycles. The van der Waals surface area contributed by atoms with Gasteiger partial charge >= 0.3 is 5.97 Å². The zero-order valence-electron chi connectivity index (χ0n) is 16.2. The summed E-state index contributed by atoms with van der Waals surface area (Å²) in [6, 6.07) is -0.828. The first kappa shape index (κ1) is 29.0. The molecule has 0 bridgehead atoms. The summed E-state index contributed by atoms with van der Waals surface area (Å²) >= 11 is 0. The fourth-order valence-corrected chi connectivity index (χ4v) is 3.08. The lowest BCUT2D eigenvalue weighted by Gasteiger charge is -2.29. The van der Waals surface area contributed by atoms with Gasteiger partial charge in [0, 0.05) is 21.2 Å². The predicted octanol–water partition coefficient (Wildman–Crippen LogP) is 1.97. The highest BCUT2D eigenvalue weighted by Gasteiger charge is 2.28. The lowest BCUT2D eigenvalue weighted by atomic mass is 9.80. The second-order valence-corrected chi connectivity index (χ2v) is 7.42. The molecule has 2 rings (SSSR count). The smallest absolute Gasteiger partial charge is 0.336 e. The predicted molar refractivity (Wildman–Crippen MR) is 104 cm³/mol. The molecule has 6 N–H and O–H groups in total. The number of ether oxygens (including phenoxy) is 1. The van der Waals surface area contributed by atoms with E-state index in [0.717, 1.165) is 12.8 Å². The summed E-state index contributed by atoms with van der Waals surface area (Å²) in [4.78, 5) is 21.6. The Bertz CT molecular complexity index is 435. The molecule has 0 aromatic carbocycles. The maximum Gasteiger partial charge on any atom is 0.336 e. The van der Waals surface area contributed by atoms with E-state index in [4.69, 9.17) is 20.6 Å². The number of aliphatic hydroxyl groups is 2. The SMILES string of the molecule is C.CC(=O)C(O)C(N)CC1CCC1.COC(=O)C(O)C(N)CC1CCC1.FF. The summed E-state index contributed by atoms with van der Waals surface area (Å²) in [7, 11) is 1.25. The van der Waals surface area contributed by atoms with Gasteiger partial charge in [-0.3, -0.25) is 4.79 Å². The number of methoxy groups -OCH3 is 1. The summed E-state index contributed by atoms with van der Waals surface area (Å²) in [5.41, 5.74) is 11.3. The van der Waals surface area contributed by atoms with Crippen molar-refractivity contribution in [3.8, 4) is 0 Å². The zero-order valence-corrected chi connectivity index (χ0v) is 16.2. The monoisotopic (exact) mass is 412 g/mol. The van der Waals surface area contributed by atoms with Crippen molar-refractivity contribution in [3.63, 3.8) is 0 Å². The van der Waals surface area contributed by atoms with E-state index >= 15 is 0 Å². The number of Topliss-reactive ketones (excluding diaryl/α,β-unsaturated/α-hetero) is 1. The van der Waals surface area contributed by atoms with Crippen molar-refractivity contribution in [2.24, 2.45) is 23.3 Å². The van der Waals surface area contributed by atoms with E-state index in [1.54, 1.807) is 0 Å². The number of aliphatic hydroxyl groups excluding tert-OH is 2. The van der Waals surface area contributed by atoms with Crippen molar-refractivity contribution < 1.29 is 33.7 Å². The molecular weight excluding hydrogens is 374 g/mol. The van der Waals surface area contributed by atoms with Gasteiger partial charge in [0.1, 0.15) is 6.10 Å². The van der Waals surface area contributed by atoms with Crippen LogP contribution in [0.3, 0.4) is 0 Å². The minimum atomic E-state index is -1.16. The first-order chi connectivity index (χ1) is 12.8. The summed E-state index contributed by atoms with van der Waals surface area (Å²) in [6.07, 6.45) is 6.66. The van der Waals surface area contributed by atoms with Crippen LogP contribution in [0.2, 0.25) is 0 Å². The molecule has 0 aromatic rings. The fourth-order valence-electron chi connectivity index (χ4n) is 3.08. The van der Waals surface area contributed by atoms with Gasteiger partial charge < -0.3 is 26.4 Å². The van der Waals surface area contributed by atoms with Crippen molar-refractivity contribution in [3.05, 3.63) is 0 Å². The Labute approximate surface area is 166 Å². The van der Waals surface area contributed by atoms with Gasteiger partial charge in [-0.15, -0.1) is 0 Å². The molecule has 168 valence electrons. The maximum absolute atomic E-state index is 10.9. The Morgan fingerprint density at radius 3 is 1.57 bits per heavy atom. The Hall–Kier alpha value is -1.16. The third kappa shape index (κ3) is 10.4. The molecule has 4 unspecified atom stereocenters. The van der Waals surface area contributed by atoms with Crippen LogP contribution in [0.15, 0.2) is 0 Å². The molecule has 2 aliphatic rings.